The van der Waals surface area contributed by atoms with Gasteiger partial charge in [0.25, 0.3) is 0 Å². The van der Waals surface area contributed by atoms with E-state index in [0.717, 1.165) is 101 Å². The summed E-state index contributed by atoms with van der Waals surface area (Å²) < 4.78 is 12.7. The molecule has 3 aromatic rings. The van der Waals surface area contributed by atoms with Crippen LogP contribution in [0, 0.1) is 0 Å². The minimum Gasteiger partial charge on any atom is -0.508 e. The maximum Gasteiger partial charge on any atom is 0.340 e. The van der Waals surface area contributed by atoms with Crippen LogP contribution in [-0.4, -0.2) is 16.2 Å². The molecule has 0 atom stereocenters. The summed E-state index contributed by atoms with van der Waals surface area (Å²) in [7, 11) is 0. The molecule has 2 N–H and O–H groups in total. The van der Waals surface area contributed by atoms with E-state index < -0.39 is 5.60 Å². The molecule has 346 valence electrons. The number of rotatable bonds is 30. The first-order chi connectivity index (χ1) is 32.0. The molecule has 1 spiro atoms. The molecule has 0 aromatic heterocycles. The van der Waals surface area contributed by atoms with Gasteiger partial charge in [-0.3, -0.25) is 0 Å². The number of aryl methyl sites for hydroxylation is 1. The Morgan fingerprint density at radius 3 is 1.28 bits per heavy atom. The number of fused-ring (bicyclic) bond motifs is 6. The van der Waals surface area contributed by atoms with E-state index in [9.17, 15) is 15.0 Å². The Balaban J connectivity index is 1.18. The SMILES string of the molecule is CCCCCC=CCC=CCC=CCC=CCCCCc1ccc2c(c1CCCCC=CCC=CCC=CCC=CCCCCC)C(=O)OC21c2ccc(O)cc2Oc2cc(O)ccc21. The van der Waals surface area contributed by atoms with Gasteiger partial charge < -0.3 is 19.7 Å². The lowest BCUT2D eigenvalue weighted by atomic mass is 9.76. The number of benzene rings is 3. The molecule has 65 heavy (non-hydrogen) atoms. The van der Waals surface area contributed by atoms with Crippen molar-refractivity contribution in [3.8, 4) is 23.0 Å². The second-order valence-corrected chi connectivity index (χ2v) is 17.3. The normalized spacial score (nSPS) is 14.5. The summed E-state index contributed by atoms with van der Waals surface area (Å²) >= 11 is 0. The highest BCUT2D eigenvalue weighted by Crippen LogP contribution is 2.57. The van der Waals surface area contributed by atoms with Gasteiger partial charge in [0.05, 0.1) is 5.56 Å². The van der Waals surface area contributed by atoms with Gasteiger partial charge >= 0.3 is 5.97 Å². The molecule has 2 heterocycles. The van der Waals surface area contributed by atoms with E-state index in [1.54, 1.807) is 36.4 Å². The molecule has 0 unspecified atom stereocenters. The van der Waals surface area contributed by atoms with Crippen molar-refractivity contribution < 1.29 is 24.5 Å². The number of phenols is 2. The van der Waals surface area contributed by atoms with Crippen molar-refractivity contribution in [1.29, 1.82) is 0 Å². The van der Waals surface area contributed by atoms with Crippen LogP contribution < -0.4 is 4.74 Å². The molecule has 0 saturated carbocycles. The van der Waals surface area contributed by atoms with E-state index in [0.29, 0.717) is 28.2 Å². The number of hydrogen-bond acceptors (Lipinski definition) is 5. The van der Waals surface area contributed by atoms with Gasteiger partial charge in [0, 0.05) is 28.8 Å². The van der Waals surface area contributed by atoms with E-state index in [1.165, 1.54) is 56.9 Å². The van der Waals surface area contributed by atoms with Crippen LogP contribution in [0.2, 0.25) is 0 Å². The molecular weight excluding hydrogens is 801 g/mol. The van der Waals surface area contributed by atoms with Gasteiger partial charge in [0.15, 0.2) is 5.60 Å². The number of carbonyl (C=O) groups excluding carboxylic acids is 1. The zero-order valence-corrected chi connectivity index (χ0v) is 39.5. The first-order valence-corrected chi connectivity index (χ1v) is 24.9. The van der Waals surface area contributed by atoms with E-state index in [-0.39, 0.29) is 17.5 Å². The summed E-state index contributed by atoms with van der Waals surface area (Å²) in [6.45, 7) is 4.49. The van der Waals surface area contributed by atoms with E-state index in [4.69, 9.17) is 9.47 Å². The fraction of sp³-hybridized carbons (Fsp3) is 0.417. The molecule has 2 aliphatic rings. The van der Waals surface area contributed by atoms with Crippen LogP contribution in [-0.2, 0) is 23.2 Å². The van der Waals surface area contributed by atoms with E-state index in [2.05, 4.69) is 123 Å². The van der Waals surface area contributed by atoms with Gasteiger partial charge in [-0.05, 0) is 151 Å². The zero-order valence-electron chi connectivity index (χ0n) is 39.5. The standard InChI is InChI=1S/C60H76O5/c1-3-5-7-9-11-13-15-17-19-21-23-25-27-29-31-33-35-37-39-49-41-44-55-58(52(49)40-38-36-34-32-30-28-26-24-22-20-18-16-14-12-10-8-6-4-2)59(63)65-60(55)53-45-42-50(61)47-56(53)64-57-48-51(62)43-46-54(57)60/h11-14,17-20,23-26,29-32,41-48,61-62H,3-10,15-16,21-22,27-28,33-40H2,1-2H3. The van der Waals surface area contributed by atoms with Gasteiger partial charge in [0.2, 0.25) is 0 Å². The predicted octanol–water partition coefficient (Wildman–Crippen LogP) is 17.0. The maximum atomic E-state index is 14.3. The topological polar surface area (TPSA) is 76.0 Å². The molecular formula is C60H76O5. The highest BCUT2D eigenvalue weighted by molar-refractivity contribution is 5.99. The van der Waals surface area contributed by atoms with Crippen molar-refractivity contribution >= 4 is 5.97 Å². The Hall–Kier alpha value is -5.55. The third-order valence-corrected chi connectivity index (χ3v) is 12.2. The number of aromatic hydroxyl groups is 2. The highest BCUT2D eigenvalue weighted by atomic mass is 16.6. The fourth-order valence-electron chi connectivity index (χ4n) is 8.68. The first-order valence-electron chi connectivity index (χ1n) is 24.9. The molecule has 0 fully saturated rings. The average molecular weight is 877 g/mol. The smallest absolute Gasteiger partial charge is 0.340 e. The Morgan fingerprint density at radius 2 is 0.846 bits per heavy atom. The molecule has 0 aliphatic carbocycles. The molecule has 2 aliphatic heterocycles. The number of unbranched alkanes of at least 4 members (excludes halogenated alkanes) is 10. The number of esters is 1. The van der Waals surface area contributed by atoms with Crippen molar-refractivity contribution in [2.45, 2.75) is 161 Å². The molecule has 0 amide bonds. The van der Waals surface area contributed by atoms with Gasteiger partial charge in [-0.15, -0.1) is 0 Å². The molecule has 5 nitrogen and oxygen atoms in total. The Morgan fingerprint density at radius 1 is 0.462 bits per heavy atom. The summed E-state index contributed by atoms with van der Waals surface area (Å²) in [5.74, 6) is 0.528. The van der Waals surface area contributed by atoms with Crippen LogP contribution in [0.3, 0.4) is 0 Å². The summed E-state index contributed by atoms with van der Waals surface area (Å²) in [5, 5.41) is 20.8. The predicted molar refractivity (Wildman–Crippen MR) is 272 cm³/mol. The largest absolute Gasteiger partial charge is 0.508 e. The zero-order chi connectivity index (χ0) is 45.8. The summed E-state index contributed by atoms with van der Waals surface area (Å²) in [5.41, 5.74) is 3.73. The third-order valence-electron chi connectivity index (χ3n) is 12.2. The van der Waals surface area contributed by atoms with Crippen molar-refractivity contribution in [3.63, 3.8) is 0 Å². The lowest BCUT2D eigenvalue weighted by Gasteiger charge is -2.36. The van der Waals surface area contributed by atoms with Crippen LogP contribution in [0.15, 0.2) is 146 Å². The van der Waals surface area contributed by atoms with Crippen LogP contribution in [0.1, 0.15) is 180 Å². The van der Waals surface area contributed by atoms with E-state index in [1.807, 2.05) is 0 Å². The Labute approximate surface area is 391 Å². The summed E-state index contributed by atoms with van der Waals surface area (Å²) in [4.78, 5) is 14.3. The van der Waals surface area contributed by atoms with Crippen LogP contribution in [0.5, 0.6) is 23.0 Å². The minimum atomic E-state index is -1.26. The highest BCUT2D eigenvalue weighted by Gasteiger charge is 2.54. The fourth-order valence-corrected chi connectivity index (χ4v) is 8.68. The Bertz CT molecular complexity index is 2110. The molecule has 3 aromatic carbocycles. The molecule has 5 rings (SSSR count). The number of hydrogen-bond donors (Lipinski definition) is 2. The monoisotopic (exact) mass is 877 g/mol. The molecule has 0 saturated heterocycles. The van der Waals surface area contributed by atoms with Crippen molar-refractivity contribution in [3.05, 3.63) is 179 Å². The Kier molecular flexibility index (Phi) is 22.6. The third kappa shape index (κ3) is 15.8. The van der Waals surface area contributed by atoms with Crippen molar-refractivity contribution in [1.82, 2.24) is 0 Å². The summed E-state index contributed by atoms with van der Waals surface area (Å²) in [6.07, 6.45) is 59.9. The number of ether oxygens (including phenoxy) is 2. The second-order valence-electron chi connectivity index (χ2n) is 17.3. The lowest BCUT2D eigenvalue weighted by molar-refractivity contribution is 0.0223. The van der Waals surface area contributed by atoms with Crippen LogP contribution in [0.25, 0.3) is 0 Å². The first kappa shape index (κ1) is 50.4. The lowest BCUT2D eigenvalue weighted by Crippen LogP contribution is -2.32. The van der Waals surface area contributed by atoms with Crippen LogP contribution >= 0.6 is 0 Å². The quantitative estimate of drug-likeness (QED) is 0.0396. The molecule has 0 bridgehead atoms. The van der Waals surface area contributed by atoms with Crippen molar-refractivity contribution in [2.24, 2.45) is 0 Å². The molecule has 5 heteroatoms. The average Bonchev–Trinajstić information content (AvgIpc) is 3.59. The summed E-state index contributed by atoms with van der Waals surface area (Å²) in [6, 6.07) is 14.1. The number of allylic oxidation sites excluding steroid dienone is 16. The number of phenolic OH excluding ortho intramolecular Hbond substituents is 2. The second kappa shape index (κ2) is 29.1. The minimum absolute atomic E-state index is 0.0448. The molecule has 0 radical (unpaired) electrons. The van der Waals surface area contributed by atoms with Crippen LogP contribution in [0.4, 0.5) is 0 Å². The van der Waals surface area contributed by atoms with Gasteiger partial charge in [-0.1, -0.05) is 149 Å². The van der Waals surface area contributed by atoms with Crippen molar-refractivity contribution in [2.75, 3.05) is 0 Å². The number of carbonyl (C=O) groups is 1. The van der Waals surface area contributed by atoms with Gasteiger partial charge in [0.1, 0.15) is 23.0 Å². The van der Waals surface area contributed by atoms with Gasteiger partial charge in [-0.2, -0.15) is 0 Å². The van der Waals surface area contributed by atoms with E-state index >= 15 is 0 Å². The maximum absolute atomic E-state index is 14.3. The van der Waals surface area contributed by atoms with Gasteiger partial charge in [-0.25, -0.2) is 4.79 Å².